The van der Waals surface area contributed by atoms with Crippen molar-refractivity contribution in [2.24, 2.45) is 0 Å². The van der Waals surface area contributed by atoms with Crippen molar-refractivity contribution in [2.75, 3.05) is 0 Å². The smallest absolute Gasteiger partial charge is 0.355 e. The number of aromatic carboxylic acids is 1. The van der Waals surface area contributed by atoms with Gasteiger partial charge < -0.3 is 5.11 Å². The second-order valence-corrected chi connectivity index (χ2v) is 3.35. The van der Waals surface area contributed by atoms with E-state index in [-0.39, 0.29) is 5.69 Å². The van der Waals surface area contributed by atoms with Crippen LogP contribution < -0.4 is 0 Å². The number of carboxylic acids is 1. The van der Waals surface area contributed by atoms with Gasteiger partial charge in [0.15, 0.2) is 5.69 Å². The highest BCUT2D eigenvalue weighted by Crippen LogP contribution is 2.24. The lowest BCUT2D eigenvalue weighted by atomic mass is 10.1. The number of hydrogen-bond acceptors (Lipinski definition) is 2. The molecular formula is C10H8BrNO2. The van der Waals surface area contributed by atoms with Crippen LogP contribution in [0.4, 0.5) is 0 Å². The van der Waals surface area contributed by atoms with Crippen LogP contribution in [-0.4, -0.2) is 16.1 Å². The zero-order chi connectivity index (χ0) is 10.7. The van der Waals surface area contributed by atoms with Crippen LogP contribution in [0.2, 0.25) is 0 Å². The molecule has 0 unspecified atom stereocenters. The summed E-state index contributed by atoms with van der Waals surface area (Å²) in [4.78, 5) is 14.6. The number of pyridine rings is 1. The van der Waals surface area contributed by atoms with Gasteiger partial charge in [0.2, 0.25) is 0 Å². The maximum absolute atomic E-state index is 10.8. The van der Waals surface area contributed by atoms with Gasteiger partial charge in [-0.15, -0.1) is 0 Å². The summed E-state index contributed by atoms with van der Waals surface area (Å²) in [5.41, 5.74) is 1.15. The summed E-state index contributed by atoms with van der Waals surface area (Å²) in [7, 11) is 0. The molecule has 0 aliphatic carbocycles. The van der Waals surface area contributed by atoms with E-state index in [2.05, 4.69) is 34.1 Å². The van der Waals surface area contributed by atoms with Crippen LogP contribution >= 0.6 is 15.9 Å². The minimum Gasteiger partial charge on any atom is -0.476 e. The third-order valence-electron chi connectivity index (χ3n) is 1.72. The maximum Gasteiger partial charge on any atom is 0.355 e. The molecule has 1 rings (SSSR count). The molecule has 4 heteroatoms. The average Bonchev–Trinajstić information content (AvgIpc) is 2.16. The Kier molecular flexibility index (Phi) is 3.19. The van der Waals surface area contributed by atoms with Crippen molar-refractivity contribution in [1.29, 1.82) is 0 Å². The van der Waals surface area contributed by atoms with Gasteiger partial charge in [-0.05, 0) is 21.5 Å². The second kappa shape index (κ2) is 4.19. The van der Waals surface area contributed by atoms with Crippen molar-refractivity contribution in [3.8, 4) is 0 Å². The Labute approximate surface area is 89.9 Å². The van der Waals surface area contributed by atoms with Crippen LogP contribution in [0.5, 0.6) is 0 Å². The molecule has 0 bridgehead atoms. The van der Waals surface area contributed by atoms with Gasteiger partial charge >= 0.3 is 5.97 Å². The fourth-order valence-electron chi connectivity index (χ4n) is 1.10. The Morgan fingerprint density at radius 3 is 2.43 bits per heavy atom. The van der Waals surface area contributed by atoms with Gasteiger partial charge in [0, 0.05) is 16.2 Å². The van der Waals surface area contributed by atoms with E-state index in [4.69, 9.17) is 5.11 Å². The summed E-state index contributed by atoms with van der Waals surface area (Å²) in [5, 5.41) is 8.85. The van der Waals surface area contributed by atoms with Crippen molar-refractivity contribution in [3.05, 3.63) is 40.6 Å². The molecule has 0 aromatic carbocycles. The number of nitrogens with zero attached hydrogens (tertiary/aromatic N) is 1. The minimum absolute atomic E-state index is 0.0156. The number of carbonyl (C=O) groups is 1. The van der Waals surface area contributed by atoms with E-state index in [9.17, 15) is 4.79 Å². The number of halogens is 1. The Balaban J connectivity index is 3.56. The molecule has 0 aliphatic heterocycles. The highest BCUT2D eigenvalue weighted by Gasteiger charge is 2.14. The minimum atomic E-state index is -1.07. The van der Waals surface area contributed by atoms with Crippen molar-refractivity contribution in [1.82, 2.24) is 4.98 Å². The van der Waals surface area contributed by atoms with Gasteiger partial charge in [-0.25, -0.2) is 9.78 Å². The third-order valence-corrected chi connectivity index (χ3v) is 2.35. The lowest BCUT2D eigenvalue weighted by Crippen LogP contribution is -2.05. The first-order valence-electron chi connectivity index (χ1n) is 3.78. The number of hydrogen-bond donors (Lipinski definition) is 1. The highest BCUT2D eigenvalue weighted by atomic mass is 79.9. The summed E-state index contributed by atoms with van der Waals surface area (Å²) < 4.78 is 0.701. The van der Waals surface area contributed by atoms with E-state index in [1.165, 1.54) is 12.3 Å². The van der Waals surface area contributed by atoms with E-state index < -0.39 is 5.97 Å². The van der Waals surface area contributed by atoms with Crippen LogP contribution in [0.25, 0.3) is 12.2 Å². The molecule has 1 N–H and O–H groups in total. The monoisotopic (exact) mass is 253 g/mol. The van der Waals surface area contributed by atoms with Crippen molar-refractivity contribution in [3.63, 3.8) is 0 Å². The van der Waals surface area contributed by atoms with Gasteiger partial charge in [-0.3, -0.25) is 0 Å². The molecule has 0 saturated heterocycles. The van der Waals surface area contributed by atoms with E-state index in [1.807, 2.05) is 0 Å². The Morgan fingerprint density at radius 2 is 2.00 bits per heavy atom. The van der Waals surface area contributed by atoms with Gasteiger partial charge in [0.25, 0.3) is 0 Å². The molecule has 0 fully saturated rings. The molecule has 0 aliphatic rings. The fraction of sp³-hybridized carbons (Fsp3) is 0. The summed E-state index contributed by atoms with van der Waals surface area (Å²) >= 11 is 3.26. The first-order chi connectivity index (χ1) is 6.61. The lowest BCUT2D eigenvalue weighted by Gasteiger charge is -2.06. The maximum atomic E-state index is 10.8. The highest BCUT2D eigenvalue weighted by molar-refractivity contribution is 9.10. The van der Waals surface area contributed by atoms with Crippen LogP contribution in [0, 0.1) is 0 Å². The number of carboxylic acid groups (broad SMARTS) is 1. The van der Waals surface area contributed by atoms with Crippen molar-refractivity contribution in [2.45, 2.75) is 0 Å². The summed E-state index contributed by atoms with van der Waals surface area (Å²) in [6.07, 6.45) is 4.46. The average molecular weight is 254 g/mol. The second-order valence-electron chi connectivity index (χ2n) is 2.50. The molecule has 0 saturated carbocycles. The molecular weight excluding hydrogens is 246 g/mol. The standard InChI is InChI=1S/C10H8BrNO2/c1-3-6-7(4-2)9(10(13)14)12-5-8(6)11/h3-5H,1-2H2,(H,13,14). The van der Waals surface area contributed by atoms with Crippen molar-refractivity contribution < 1.29 is 9.90 Å². The normalized spacial score (nSPS) is 9.50. The van der Waals surface area contributed by atoms with Crippen LogP contribution in [-0.2, 0) is 0 Å². The van der Waals surface area contributed by atoms with Crippen LogP contribution in [0.15, 0.2) is 23.8 Å². The van der Waals surface area contributed by atoms with Crippen LogP contribution in [0.1, 0.15) is 21.6 Å². The predicted octanol–water partition coefficient (Wildman–Crippen LogP) is 2.83. The zero-order valence-corrected chi connectivity index (χ0v) is 8.91. The molecule has 1 heterocycles. The van der Waals surface area contributed by atoms with E-state index in [0.717, 1.165) is 0 Å². The Hall–Kier alpha value is -1.42. The third kappa shape index (κ3) is 1.75. The zero-order valence-electron chi connectivity index (χ0n) is 7.33. The lowest BCUT2D eigenvalue weighted by molar-refractivity contribution is 0.0690. The van der Waals surface area contributed by atoms with Gasteiger partial charge in [-0.1, -0.05) is 25.3 Å². The van der Waals surface area contributed by atoms with E-state index >= 15 is 0 Å². The molecule has 0 radical (unpaired) electrons. The topological polar surface area (TPSA) is 50.2 Å². The van der Waals surface area contributed by atoms with E-state index in [0.29, 0.717) is 15.6 Å². The summed E-state index contributed by atoms with van der Waals surface area (Å²) in [5.74, 6) is -1.07. The quantitative estimate of drug-likeness (QED) is 0.902. The first-order valence-corrected chi connectivity index (χ1v) is 4.57. The molecule has 72 valence electrons. The molecule has 3 nitrogen and oxygen atoms in total. The van der Waals surface area contributed by atoms with Gasteiger partial charge in [-0.2, -0.15) is 0 Å². The summed E-state index contributed by atoms with van der Waals surface area (Å²) in [6.45, 7) is 7.15. The molecule has 0 amide bonds. The Bertz CT molecular complexity index is 413. The largest absolute Gasteiger partial charge is 0.476 e. The Morgan fingerprint density at radius 1 is 1.43 bits per heavy atom. The van der Waals surface area contributed by atoms with Crippen molar-refractivity contribution >= 4 is 34.1 Å². The van der Waals surface area contributed by atoms with E-state index in [1.54, 1.807) is 6.08 Å². The summed E-state index contributed by atoms with van der Waals surface area (Å²) in [6, 6.07) is 0. The SMILES string of the molecule is C=Cc1c(Br)cnc(C(=O)O)c1C=C. The van der Waals surface area contributed by atoms with Gasteiger partial charge in [0.05, 0.1) is 0 Å². The molecule has 1 aromatic rings. The molecule has 0 atom stereocenters. The predicted molar refractivity (Wildman–Crippen MR) is 59.1 cm³/mol. The molecule has 14 heavy (non-hydrogen) atoms. The number of aromatic nitrogens is 1. The first kappa shape index (κ1) is 10.7. The van der Waals surface area contributed by atoms with Crippen LogP contribution in [0.3, 0.4) is 0 Å². The molecule has 1 aromatic heterocycles. The fourth-order valence-corrected chi connectivity index (χ4v) is 1.58. The van der Waals surface area contributed by atoms with Gasteiger partial charge in [0.1, 0.15) is 0 Å². The number of rotatable bonds is 3. The molecule has 0 spiro atoms.